The van der Waals surface area contributed by atoms with Crippen LogP contribution in [0.4, 0.5) is 0 Å². The highest BCUT2D eigenvalue weighted by Crippen LogP contribution is 2.04. The Morgan fingerprint density at radius 1 is 0.957 bits per heavy atom. The van der Waals surface area contributed by atoms with Crippen molar-refractivity contribution in [3.05, 3.63) is 71.3 Å². The number of carbonyl (C=O) groups is 1. The molecule has 0 saturated heterocycles. The predicted octanol–water partition coefficient (Wildman–Crippen LogP) is 3.12. The van der Waals surface area contributed by atoms with Crippen molar-refractivity contribution in [1.82, 2.24) is 5.32 Å². The number of carboxylic acids is 1. The van der Waals surface area contributed by atoms with Crippen LogP contribution in [0.3, 0.4) is 0 Å². The molecule has 4 nitrogen and oxygen atoms in total. The number of carboxylic acid groups (broad SMARTS) is 1. The predicted molar refractivity (Wildman–Crippen MR) is 90.7 cm³/mol. The van der Waals surface area contributed by atoms with Gasteiger partial charge in [-0.25, -0.2) is 4.79 Å². The van der Waals surface area contributed by atoms with Crippen molar-refractivity contribution in [3.8, 4) is 0 Å². The molecule has 0 aliphatic carbocycles. The third kappa shape index (κ3) is 6.63. The summed E-state index contributed by atoms with van der Waals surface area (Å²) in [4.78, 5) is 10.8. The van der Waals surface area contributed by atoms with Gasteiger partial charge in [0.25, 0.3) is 0 Å². The number of ether oxygens (including phenoxy) is 1. The Bertz CT molecular complexity index is 581. The number of benzene rings is 2. The Balaban J connectivity index is 1.50. The van der Waals surface area contributed by atoms with Crippen LogP contribution in [-0.4, -0.2) is 30.8 Å². The molecule has 2 rings (SSSR count). The highest BCUT2D eigenvalue weighted by molar-refractivity contribution is 5.87. The Hall–Kier alpha value is -2.17. The molecule has 2 aromatic rings. The molecular weight excluding hydrogens is 290 g/mol. The standard InChI is InChI=1S/C19H23NO3/c21-19(22)18-9-7-17(8-10-18)15-20-12-4-13-23-14-11-16-5-2-1-3-6-16/h1-3,5-10,20H,4,11-15H2,(H,21,22). The summed E-state index contributed by atoms with van der Waals surface area (Å²) in [5.74, 6) is -0.892. The number of hydrogen-bond donors (Lipinski definition) is 2. The van der Waals surface area contributed by atoms with Gasteiger partial charge >= 0.3 is 5.97 Å². The lowest BCUT2D eigenvalue weighted by Crippen LogP contribution is -2.16. The van der Waals surface area contributed by atoms with Crippen LogP contribution in [-0.2, 0) is 17.7 Å². The molecule has 0 bridgehead atoms. The zero-order chi connectivity index (χ0) is 16.3. The maximum absolute atomic E-state index is 10.8. The van der Waals surface area contributed by atoms with E-state index in [0.717, 1.165) is 44.7 Å². The van der Waals surface area contributed by atoms with E-state index in [1.54, 1.807) is 12.1 Å². The molecule has 0 aromatic heterocycles. The van der Waals surface area contributed by atoms with Crippen molar-refractivity contribution in [2.45, 2.75) is 19.4 Å². The summed E-state index contributed by atoms with van der Waals surface area (Å²) in [6.45, 7) is 3.12. The fourth-order valence-corrected chi connectivity index (χ4v) is 2.23. The van der Waals surface area contributed by atoms with E-state index in [4.69, 9.17) is 9.84 Å². The van der Waals surface area contributed by atoms with Gasteiger partial charge in [0.15, 0.2) is 0 Å². The van der Waals surface area contributed by atoms with Gasteiger partial charge in [-0.2, -0.15) is 0 Å². The van der Waals surface area contributed by atoms with Gasteiger partial charge in [-0.3, -0.25) is 0 Å². The van der Waals surface area contributed by atoms with Crippen molar-refractivity contribution in [3.63, 3.8) is 0 Å². The first kappa shape index (κ1) is 17.2. The van der Waals surface area contributed by atoms with Crippen molar-refractivity contribution in [2.24, 2.45) is 0 Å². The van der Waals surface area contributed by atoms with Crippen LogP contribution < -0.4 is 5.32 Å². The van der Waals surface area contributed by atoms with E-state index >= 15 is 0 Å². The molecule has 122 valence electrons. The van der Waals surface area contributed by atoms with Crippen LogP contribution in [0.1, 0.15) is 27.9 Å². The fourth-order valence-electron chi connectivity index (χ4n) is 2.23. The molecule has 0 saturated carbocycles. The second-order valence-electron chi connectivity index (χ2n) is 5.38. The van der Waals surface area contributed by atoms with Gasteiger partial charge in [-0.05, 0) is 42.6 Å². The lowest BCUT2D eigenvalue weighted by Gasteiger charge is -2.07. The summed E-state index contributed by atoms with van der Waals surface area (Å²) in [6, 6.07) is 17.3. The Kier molecular flexibility index (Phi) is 7.30. The average Bonchev–Trinajstić information content (AvgIpc) is 2.58. The van der Waals surface area contributed by atoms with Crippen molar-refractivity contribution in [2.75, 3.05) is 19.8 Å². The Morgan fingerprint density at radius 3 is 2.39 bits per heavy atom. The first-order chi connectivity index (χ1) is 11.3. The zero-order valence-corrected chi connectivity index (χ0v) is 13.2. The third-order valence-electron chi connectivity index (χ3n) is 3.55. The van der Waals surface area contributed by atoms with E-state index in [-0.39, 0.29) is 0 Å². The molecule has 0 radical (unpaired) electrons. The maximum Gasteiger partial charge on any atom is 0.335 e. The Morgan fingerprint density at radius 2 is 1.70 bits per heavy atom. The van der Waals surface area contributed by atoms with E-state index in [1.807, 2.05) is 30.3 Å². The number of nitrogens with one attached hydrogen (secondary N) is 1. The quantitative estimate of drug-likeness (QED) is 0.662. The van der Waals surface area contributed by atoms with E-state index in [1.165, 1.54) is 5.56 Å². The largest absolute Gasteiger partial charge is 0.478 e. The first-order valence-electron chi connectivity index (χ1n) is 7.90. The molecule has 0 fully saturated rings. The van der Waals surface area contributed by atoms with Crippen molar-refractivity contribution < 1.29 is 14.6 Å². The molecular formula is C19H23NO3. The lowest BCUT2D eigenvalue weighted by atomic mass is 10.1. The SMILES string of the molecule is O=C(O)c1ccc(CNCCCOCCc2ccccc2)cc1. The molecule has 0 atom stereocenters. The highest BCUT2D eigenvalue weighted by Gasteiger charge is 2.01. The number of aromatic carboxylic acids is 1. The molecule has 0 aliphatic rings. The third-order valence-corrected chi connectivity index (χ3v) is 3.55. The summed E-state index contributed by atoms with van der Waals surface area (Å²) in [7, 11) is 0. The second-order valence-corrected chi connectivity index (χ2v) is 5.38. The minimum Gasteiger partial charge on any atom is -0.478 e. The molecule has 2 aromatic carbocycles. The monoisotopic (exact) mass is 313 g/mol. The summed E-state index contributed by atoms with van der Waals surface area (Å²) >= 11 is 0. The average molecular weight is 313 g/mol. The van der Waals surface area contributed by atoms with Gasteiger partial charge in [0.05, 0.1) is 12.2 Å². The summed E-state index contributed by atoms with van der Waals surface area (Å²) in [5.41, 5.74) is 2.70. The molecule has 0 heterocycles. The van der Waals surface area contributed by atoms with Crippen LogP contribution in [0.2, 0.25) is 0 Å². The minimum atomic E-state index is -0.892. The van der Waals surface area contributed by atoms with E-state index in [9.17, 15) is 4.79 Å². The molecule has 0 aliphatic heterocycles. The molecule has 0 amide bonds. The lowest BCUT2D eigenvalue weighted by molar-refractivity contribution is 0.0697. The van der Waals surface area contributed by atoms with Gasteiger partial charge in [0.1, 0.15) is 0 Å². The molecule has 2 N–H and O–H groups in total. The summed E-state index contributed by atoms with van der Waals surface area (Å²) in [5, 5.41) is 12.2. The number of hydrogen-bond acceptors (Lipinski definition) is 3. The zero-order valence-electron chi connectivity index (χ0n) is 13.2. The molecule has 23 heavy (non-hydrogen) atoms. The van der Waals surface area contributed by atoms with Crippen LogP contribution in [0.5, 0.6) is 0 Å². The summed E-state index contributed by atoms with van der Waals surface area (Å²) < 4.78 is 5.63. The van der Waals surface area contributed by atoms with Crippen LogP contribution in [0.25, 0.3) is 0 Å². The van der Waals surface area contributed by atoms with Crippen molar-refractivity contribution >= 4 is 5.97 Å². The van der Waals surface area contributed by atoms with Crippen LogP contribution >= 0.6 is 0 Å². The van der Waals surface area contributed by atoms with E-state index < -0.39 is 5.97 Å². The van der Waals surface area contributed by atoms with Crippen LogP contribution in [0, 0.1) is 0 Å². The van der Waals surface area contributed by atoms with Gasteiger partial charge < -0.3 is 15.2 Å². The van der Waals surface area contributed by atoms with E-state index in [0.29, 0.717) is 5.56 Å². The molecule has 4 heteroatoms. The first-order valence-corrected chi connectivity index (χ1v) is 7.90. The fraction of sp³-hybridized carbons (Fsp3) is 0.316. The Labute approximate surface area is 137 Å². The van der Waals surface area contributed by atoms with Crippen LogP contribution in [0.15, 0.2) is 54.6 Å². The van der Waals surface area contributed by atoms with Gasteiger partial charge in [-0.1, -0.05) is 42.5 Å². The van der Waals surface area contributed by atoms with E-state index in [2.05, 4.69) is 17.4 Å². The van der Waals surface area contributed by atoms with Crippen molar-refractivity contribution in [1.29, 1.82) is 0 Å². The van der Waals surface area contributed by atoms with Gasteiger partial charge in [0, 0.05) is 13.2 Å². The maximum atomic E-state index is 10.8. The normalized spacial score (nSPS) is 10.6. The molecule has 0 spiro atoms. The topological polar surface area (TPSA) is 58.6 Å². The number of rotatable bonds is 10. The second kappa shape index (κ2) is 9.77. The van der Waals surface area contributed by atoms with Gasteiger partial charge in [0.2, 0.25) is 0 Å². The summed E-state index contributed by atoms with van der Waals surface area (Å²) in [6.07, 6.45) is 1.91. The van der Waals surface area contributed by atoms with Gasteiger partial charge in [-0.15, -0.1) is 0 Å². The highest BCUT2D eigenvalue weighted by atomic mass is 16.5. The smallest absolute Gasteiger partial charge is 0.335 e. The minimum absolute atomic E-state index is 0.320. The molecule has 0 unspecified atom stereocenters.